The maximum atomic E-state index is 14.9. The van der Waals surface area contributed by atoms with Crippen LogP contribution < -0.4 is 10.8 Å². The average Bonchev–Trinajstić information content (AvgIpc) is 2.72. The largest absolute Gasteiger partial charge is 0.394 e. The molecule has 0 spiro atoms. The van der Waals surface area contributed by atoms with Gasteiger partial charge in [-0.3, -0.25) is 9.63 Å². The second-order valence-corrected chi connectivity index (χ2v) is 8.77. The van der Waals surface area contributed by atoms with Crippen molar-refractivity contribution in [2.75, 3.05) is 25.1 Å². The van der Waals surface area contributed by atoms with Crippen LogP contribution in [-0.4, -0.2) is 45.6 Å². The van der Waals surface area contributed by atoms with Crippen molar-refractivity contribution in [2.45, 2.75) is 26.1 Å². The van der Waals surface area contributed by atoms with E-state index in [1.165, 1.54) is 10.1 Å². The molecular formula is C19H22F3IN2O5. The number of allylic oxidation sites excluding steroid dienone is 2. The molecule has 1 heterocycles. The van der Waals surface area contributed by atoms with Gasteiger partial charge in [-0.1, -0.05) is 20.7 Å². The average molecular weight is 542 g/mol. The highest BCUT2D eigenvalue weighted by Gasteiger charge is 2.26. The van der Waals surface area contributed by atoms with Gasteiger partial charge in [0.05, 0.1) is 49.0 Å². The number of hydrogen-bond donors (Lipinski definition) is 4. The molecule has 0 aliphatic carbocycles. The molecule has 0 fully saturated rings. The lowest BCUT2D eigenvalue weighted by atomic mass is 10.1. The molecule has 1 aliphatic heterocycles. The number of anilines is 1. The Morgan fingerprint density at radius 3 is 2.60 bits per heavy atom. The Hall–Kier alpha value is -1.80. The highest BCUT2D eigenvalue weighted by molar-refractivity contribution is 14.2. The zero-order valence-electron chi connectivity index (χ0n) is 16.3. The minimum Gasteiger partial charge on any atom is -0.394 e. The number of hydroxylamine groups is 1. The molecule has 30 heavy (non-hydrogen) atoms. The van der Waals surface area contributed by atoms with Gasteiger partial charge in [-0.05, 0) is 30.1 Å². The summed E-state index contributed by atoms with van der Waals surface area (Å²) in [7, 11) is 0. The van der Waals surface area contributed by atoms with Crippen LogP contribution in [0.4, 0.5) is 18.9 Å². The molecule has 4 N–H and O–H groups in total. The van der Waals surface area contributed by atoms with Crippen molar-refractivity contribution in [1.29, 1.82) is 0 Å². The van der Waals surface area contributed by atoms with Crippen molar-refractivity contribution in [3.63, 3.8) is 0 Å². The van der Waals surface area contributed by atoms with Gasteiger partial charge in [0.2, 0.25) is 0 Å². The molecule has 0 aromatic heterocycles. The van der Waals surface area contributed by atoms with Gasteiger partial charge < -0.3 is 20.3 Å². The number of carbonyl (C=O) groups is 1. The number of aliphatic hydroxyl groups is 2. The maximum Gasteiger partial charge on any atom is 0.277 e. The summed E-state index contributed by atoms with van der Waals surface area (Å²) in [6.07, 6.45) is 1.39. The van der Waals surface area contributed by atoms with E-state index >= 15 is 0 Å². The Kier molecular flexibility index (Phi) is 8.97. The summed E-state index contributed by atoms with van der Waals surface area (Å²) in [5.74, 6) is -4.26. The van der Waals surface area contributed by atoms with Crippen molar-refractivity contribution < 1.29 is 37.8 Å². The van der Waals surface area contributed by atoms with Gasteiger partial charge in [-0.25, -0.2) is 18.7 Å². The van der Waals surface area contributed by atoms with E-state index in [0.29, 0.717) is 0 Å². The Morgan fingerprint density at radius 1 is 1.23 bits per heavy atom. The van der Waals surface area contributed by atoms with Crippen molar-refractivity contribution >= 4 is 36.3 Å². The third kappa shape index (κ3) is 6.35. The lowest BCUT2D eigenvalue weighted by molar-refractivity contribution is -0.0642. The maximum absolute atomic E-state index is 14.9. The fourth-order valence-corrected chi connectivity index (χ4v) is 3.61. The van der Waals surface area contributed by atoms with Gasteiger partial charge >= 0.3 is 0 Å². The molecule has 0 unspecified atom stereocenters. The Labute approximate surface area is 181 Å². The summed E-state index contributed by atoms with van der Waals surface area (Å²) in [5.41, 5.74) is -0.348. The minimum absolute atomic E-state index is 0.116. The topological polar surface area (TPSA) is 100 Å². The monoisotopic (exact) mass is 542 g/mol. The van der Waals surface area contributed by atoms with E-state index in [1.54, 1.807) is 17.9 Å². The molecule has 11 heteroatoms. The Morgan fingerprint density at radius 2 is 1.97 bits per heavy atom. The molecule has 0 saturated heterocycles. The van der Waals surface area contributed by atoms with Gasteiger partial charge in [0.15, 0.2) is 17.5 Å². The Balaban J connectivity index is 2.45. The van der Waals surface area contributed by atoms with Crippen molar-refractivity contribution in [2.24, 2.45) is 0 Å². The number of aliphatic hydroxyl groups excluding tert-OH is 2. The molecule has 0 atom stereocenters. The molecule has 0 saturated carbocycles. The molecule has 0 bridgehead atoms. The Bertz CT molecular complexity index is 887. The van der Waals surface area contributed by atoms with Gasteiger partial charge in [0.1, 0.15) is 0 Å². The van der Waals surface area contributed by atoms with Gasteiger partial charge in [-0.2, -0.15) is 0 Å². The second-order valence-electron chi connectivity index (χ2n) is 6.71. The van der Waals surface area contributed by atoms with Crippen molar-refractivity contribution in [3.05, 3.63) is 50.5 Å². The predicted octanol–water partition coefficient (Wildman–Crippen LogP) is 2.80. The normalized spacial score (nSPS) is 14.0. The highest BCUT2D eigenvalue weighted by atomic mass is 127. The van der Waals surface area contributed by atoms with Crippen molar-refractivity contribution in [1.82, 2.24) is 5.48 Å². The van der Waals surface area contributed by atoms with Crippen LogP contribution in [0.2, 0.25) is 0 Å². The zero-order chi connectivity index (χ0) is 22.3. The lowest BCUT2D eigenvalue weighted by Gasteiger charge is -2.23. The van der Waals surface area contributed by atoms with Crippen LogP contribution in [0.15, 0.2) is 27.7 Å². The number of ether oxygens (including phenoxy) is 1. The lowest BCUT2D eigenvalue weighted by Crippen LogP contribution is -2.29. The summed E-state index contributed by atoms with van der Waals surface area (Å²) in [5, 5.41) is 20.4. The van der Waals surface area contributed by atoms with E-state index in [4.69, 9.17) is 14.7 Å². The quantitative estimate of drug-likeness (QED) is 0.206. The summed E-state index contributed by atoms with van der Waals surface area (Å²) in [4.78, 5) is 17.2. The third-order valence-electron chi connectivity index (χ3n) is 3.86. The number of hydrogen-bond acceptors (Lipinski definition) is 6. The fraction of sp³-hybridized carbons (Fsp3) is 0.368. The molecular weight excluding hydrogens is 520 g/mol. The van der Waals surface area contributed by atoms with E-state index in [0.717, 1.165) is 6.07 Å². The van der Waals surface area contributed by atoms with Crippen LogP contribution in [-0.2, 0) is 16.2 Å². The van der Waals surface area contributed by atoms with Crippen LogP contribution in [0, 0.1) is 11.6 Å². The van der Waals surface area contributed by atoms with E-state index in [2.05, 4.69) is 5.32 Å². The van der Waals surface area contributed by atoms with Crippen LogP contribution in [0.25, 0.3) is 0 Å². The number of halogens is 4. The smallest absolute Gasteiger partial charge is 0.277 e. The first kappa shape index (κ1) is 24.5. The molecule has 1 amide bonds. The van der Waals surface area contributed by atoms with Crippen LogP contribution >= 0.6 is 20.7 Å². The van der Waals surface area contributed by atoms with Crippen LogP contribution in [0.1, 0.15) is 29.8 Å². The first-order valence-electron chi connectivity index (χ1n) is 8.77. The van der Waals surface area contributed by atoms with Gasteiger partial charge in [0, 0.05) is 9.58 Å². The first-order chi connectivity index (χ1) is 14.2. The van der Waals surface area contributed by atoms with Crippen LogP contribution in [0.3, 0.4) is 0 Å². The number of nitrogens with one attached hydrogen (secondary N) is 2. The zero-order valence-corrected chi connectivity index (χ0v) is 18.4. The summed E-state index contributed by atoms with van der Waals surface area (Å²) in [6.45, 7) is 1.72. The number of rotatable bonds is 10. The van der Waals surface area contributed by atoms with Crippen LogP contribution in [0.5, 0.6) is 0 Å². The summed E-state index contributed by atoms with van der Waals surface area (Å²) >= 11 is -0.604. The molecule has 1 aromatic rings. The number of carbonyl (C=O) groups excluding carboxylic acids is 1. The highest BCUT2D eigenvalue weighted by Crippen LogP contribution is 2.30. The molecule has 0 radical (unpaired) electrons. The molecule has 2 rings (SSSR count). The predicted molar refractivity (Wildman–Crippen MR) is 114 cm³/mol. The van der Waals surface area contributed by atoms with Gasteiger partial charge in [-0.15, -0.1) is 0 Å². The van der Waals surface area contributed by atoms with E-state index < -0.39 is 62.0 Å². The first-order valence-corrected chi connectivity index (χ1v) is 11.3. The standard InChI is InChI=1S/C19H22F3IN2O5/c1-19(2,10-27)29-9-11-7-12(18(28)25-30-6-5-26)17(16(22)15(11)21)24-14-3-4-23-8-13(14)20/h3-4,7-8,24,26-27H,5-6,9-10H2,1-2H3,(H,25,28). The minimum atomic E-state index is -1.40. The molecule has 7 nitrogen and oxygen atoms in total. The second kappa shape index (κ2) is 11.0. The van der Waals surface area contributed by atoms with E-state index in [9.17, 15) is 23.1 Å². The molecule has 1 aromatic carbocycles. The third-order valence-corrected chi connectivity index (χ3v) is 5.54. The summed E-state index contributed by atoms with van der Waals surface area (Å²) in [6, 6.07) is 1.05. The molecule has 166 valence electrons. The van der Waals surface area contributed by atoms with E-state index in [-0.39, 0.29) is 36.6 Å². The summed E-state index contributed by atoms with van der Waals surface area (Å²) < 4.78 is 52.0. The number of amides is 1. The van der Waals surface area contributed by atoms with Gasteiger partial charge in [0.25, 0.3) is 5.91 Å². The molecule has 1 aliphatic rings. The fourth-order valence-electron chi connectivity index (χ4n) is 2.19. The SMILES string of the molecule is CC(C)(CO)OCc1cc(C(=O)NOCCO)c(NC2=C(F)C=IC=C2)c(F)c1F. The van der Waals surface area contributed by atoms with Crippen molar-refractivity contribution in [3.8, 4) is 0 Å². The van der Waals surface area contributed by atoms with E-state index in [1.807, 2.05) is 5.48 Å². The number of benzene rings is 1.